The molecule has 0 unspecified atom stereocenters. The van der Waals surface area contributed by atoms with E-state index in [2.05, 4.69) is 20.8 Å². The lowest BCUT2D eigenvalue weighted by Crippen LogP contribution is -2.48. The van der Waals surface area contributed by atoms with Crippen molar-refractivity contribution >= 4 is 32.6 Å². The molecule has 0 aliphatic carbocycles. The first kappa shape index (κ1) is 20.8. The lowest BCUT2D eigenvalue weighted by Gasteiger charge is -2.40. The summed E-state index contributed by atoms with van der Waals surface area (Å²) in [5.74, 6) is 1.15. The number of amides is 1. The van der Waals surface area contributed by atoms with Crippen molar-refractivity contribution < 1.29 is 13.4 Å². The van der Waals surface area contributed by atoms with Crippen LogP contribution in [0.1, 0.15) is 48.4 Å². The van der Waals surface area contributed by atoms with Gasteiger partial charge in [-0.15, -0.1) is 0 Å². The summed E-state index contributed by atoms with van der Waals surface area (Å²) in [5, 5.41) is 0. The molecule has 156 valence electrons. The van der Waals surface area contributed by atoms with Gasteiger partial charge >= 0.3 is 0 Å². The molecule has 2 aliphatic heterocycles. The Bertz CT molecular complexity index is 853. The number of likely N-dealkylation sites (tertiary alicyclic amines) is 2. The Kier molecular flexibility index (Phi) is 6.88. The van der Waals surface area contributed by atoms with Crippen LogP contribution in [0.4, 0.5) is 0 Å². The molecule has 1 atom stereocenters. The third-order valence-electron chi connectivity index (χ3n) is 5.88. The van der Waals surface area contributed by atoms with Crippen LogP contribution in [0.5, 0.6) is 0 Å². The fourth-order valence-corrected chi connectivity index (χ4v) is 5.53. The fourth-order valence-electron chi connectivity index (χ4n) is 4.24. The molecule has 0 bridgehead atoms. The van der Waals surface area contributed by atoms with Crippen LogP contribution < -0.4 is 0 Å². The fraction of sp³-hybridized carbons (Fsp3) is 0.500. The highest BCUT2D eigenvalue weighted by molar-refractivity contribution is 9.10. The summed E-state index contributed by atoms with van der Waals surface area (Å²) in [4.78, 5) is 18.1. The lowest BCUT2D eigenvalue weighted by molar-refractivity contribution is 0.0561. The van der Waals surface area contributed by atoms with Crippen molar-refractivity contribution in [3.05, 3.63) is 52.4 Å². The Morgan fingerprint density at radius 1 is 1.00 bits per heavy atom. The molecule has 0 saturated carbocycles. The third-order valence-corrected chi connectivity index (χ3v) is 7.75. The number of carbonyl (C=O) groups is 1. The van der Waals surface area contributed by atoms with E-state index in [0.717, 1.165) is 35.3 Å². The van der Waals surface area contributed by atoms with Crippen LogP contribution in [-0.2, 0) is 16.6 Å². The average Bonchev–Trinajstić information content (AvgIpc) is 3.23. The second kappa shape index (κ2) is 9.58. The van der Waals surface area contributed by atoms with Gasteiger partial charge < -0.3 is 14.2 Å². The van der Waals surface area contributed by atoms with E-state index in [-0.39, 0.29) is 11.7 Å². The minimum absolute atomic E-state index is 0.0530. The molecule has 2 fully saturated rings. The largest absolute Gasteiger partial charge is 0.455 e. The third kappa shape index (κ3) is 5.19. The molecule has 1 aromatic heterocycles. The molecular formula is C22H27BrN2O3S. The van der Waals surface area contributed by atoms with E-state index in [1.807, 2.05) is 29.2 Å². The summed E-state index contributed by atoms with van der Waals surface area (Å²) in [5.41, 5.74) is 0. The Morgan fingerprint density at radius 2 is 1.69 bits per heavy atom. The molecule has 0 N–H and O–H groups in total. The quantitative estimate of drug-likeness (QED) is 0.637. The number of carbonyl (C=O) groups excluding carboxylic acids is 1. The maximum absolute atomic E-state index is 12.8. The second-order valence-electron chi connectivity index (χ2n) is 7.83. The number of hydrogen-bond donors (Lipinski definition) is 0. The molecule has 1 amide bonds. The van der Waals surface area contributed by atoms with Crippen LogP contribution in [0.2, 0.25) is 0 Å². The highest BCUT2D eigenvalue weighted by atomic mass is 79.9. The standard InChI is InChI=1S/C22H27BrN2O3S/c23-17-4-7-20(8-5-17)29(27)16-19-6-9-21(28-19)22(26)25-14-10-18(11-15-25)24-12-2-1-3-13-24/h4-9,18H,1-3,10-16H2/t29-/m0/s1. The van der Waals surface area contributed by atoms with E-state index in [0.29, 0.717) is 17.6 Å². The van der Waals surface area contributed by atoms with Gasteiger partial charge in [-0.3, -0.25) is 9.00 Å². The van der Waals surface area contributed by atoms with Gasteiger partial charge in [0.1, 0.15) is 5.76 Å². The van der Waals surface area contributed by atoms with Crippen molar-refractivity contribution in [1.29, 1.82) is 0 Å². The van der Waals surface area contributed by atoms with Crippen LogP contribution >= 0.6 is 15.9 Å². The van der Waals surface area contributed by atoms with E-state index in [9.17, 15) is 9.00 Å². The zero-order valence-electron chi connectivity index (χ0n) is 16.5. The first-order chi connectivity index (χ1) is 14.1. The Balaban J connectivity index is 1.31. The van der Waals surface area contributed by atoms with Crippen LogP contribution in [0.25, 0.3) is 0 Å². The van der Waals surface area contributed by atoms with E-state index in [4.69, 9.17) is 4.42 Å². The average molecular weight is 479 g/mol. The van der Waals surface area contributed by atoms with Crippen LogP contribution in [-0.4, -0.2) is 52.1 Å². The van der Waals surface area contributed by atoms with Gasteiger partial charge in [0.25, 0.3) is 5.91 Å². The predicted molar refractivity (Wildman–Crippen MR) is 117 cm³/mol. The predicted octanol–water partition coefficient (Wildman–Crippen LogP) is 4.44. The SMILES string of the molecule is O=C(c1ccc(C[S@](=O)c2ccc(Br)cc2)o1)N1CCC(N2CCCCC2)CC1. The van der Waals surface area contributed by atoms with Gasteiger partial charge in [0, 0.05) is 28.5 Å². The number of furan rings is 1. The normalized spacial score (nSPS) is 20.0. The summed E-state index contributed by atoms with van der Waals surface area (Å²) < 4.78 is 19.2. The molecule has 0 spiro atoms. The number of benzene rings is 1. The molecule has 1 aromatic carbocycles. The zero-order chi connectivity index (χ0) is 20.2. The second-order valence-corrected chi connectivity index (χ2v) is 10.2. The Hall–Kier alpha value is -1.44. The van der Waals surface area contributed by atoms with E-state index >= 15 is 0 Å². The number of halogens is 1. The zero-order valence-corrected chi connectivity index (χ0v) is 18.9. The number of nitrogens with zero attached hydrogens (tertiary/aromatic N) is 2. The summed E-state index contributed by atoms with van der Waals surface area (Å²) >= 11 is 3.38. The highest BCUT2D eigenvalue weighted by Crippen LogP contribution is 2.23. The molecular weight excluding hydrogens is 452 g/mol. The molecule has 7 heteroatoms. The van der Waals surface area contributed by atoms with E-state index < -0.39 is 10.8 Å². The summed E-state index contributed by atoms with van der Waals surface area (Å²) in [7, 11) is -1.20. The summed E-state index contributed by atoms with van der Waals surface area (Å²) in [6, 6.07) is 11.5. The number of piperidine rings is 2. The van der Waals surface area contributed by atoms with Gasteiger partial charge in [-0.2, -0.15) is 0 Å². The number of rotatable bonds is 5. The van der Waals surface area contributed by atoms with Crippen LogP contribution in [0.15, 0.2) is 50.2 Å². The van der Waals surface area contributed by atoms with E-state index in [1.165, 1.54) is 32.4 Å². The molecule has 2 aromatic rings. The topological polar surface area (TPSA) is 53.8 Å². The van der Waals surface area contributed by atoms with E-state index in [1.54, 1.807) is 12.1 Å². The molecule has 2 saturated heterocycles. The van der Waals surface area contributed by atoms with Crippen molar-refractivity contribution in [3.63, 3.8) is 0 Å². The van der Waals surface area contributed by atoms with Crippen molar-refractivity contribution in [2.24, 2.45) is 0 Å². The van der Waals surface area contributed by atoms with Crippen molar-refractivity contribution in [2.45, 2.75) is 48.8 Å². The highest BCUT2D eigenvalue weighted by Gasteiger charge is 2.29. The summed E-state index contributed by atoms with van der Waals surface area (Å²) in [6.45, 7) is 3.97. The first-order valence-electron chi connectivity index (χ1n) is 10.4. The molecule has 3 heterocycles. The van der Waals surface area contributed by atoms with Crippen LogP contribution in [0, 0.1) is 0 Å². The Morgan fingerprint density at radius 3 is 2.38 bits per heavy atom. The van der Waals surface area contributed by atoms with Crippen molar-refractivity contribution in [3.8, 4) is 0 Å². The van der Waals surface area contributed by atoms with Gasteiger partial charge in [0.2, 0.25) is 0 Å². The van der Waals surface area contributed by atoms with Gasteiger partial charge in [0.15, 0.2) is 5.76 Å². The number of hydrogen-bond acceptors (Lipinski definition) is 4. The minimum Gasteiger partial charge on any atom is -0.455 e. The van der Waals surface area contributed by atoms with Gasteiger partial charge in [0.05, 0.1) is 16.6 Å². The smallest absolute Gasteiger partial charge is 0.289 e. The minimum atomic E-state index is -1.20. The van der Waals surface area contributed by atoms with Gasteiger partial charge in [-0.1, -0.05) is 22.4 Å². The maximum atomic E-state index is 12.8. The van der Waals surface area contributed by atoms with Crippen LogP contribution in [0.3, 0.4) is 0 Å². The Labute approximate surface area is 183 Å². The van der Waals surface area contributed by atoms with Crippen molar-refractivity contribution in [2.75, 3.05) is 26.2 Å². The molecule has 29 heavy (non-hydrogen) atoms. The first-order valence-corrected chi connectivity index (χ1v) is 12.5. The summed E-state index contributed by atoms with van der Waals surface area (Å²) in [6.07, 6.45) is 6.02. The molecule has 5 nitrogen and oxygen atoms in total. The maximum Gasteiger partial charge on any atom is 0.289 e. The molecule has 2 aliphatic rings. The molecule has 4 rings (SSSR count). The lowest BCUT2D eigenvalue weighted by atomic mass is 10.00. The van der Waals surface area contributed by atoms with Crippen molar-refractivity contribution in [1.82, 2.24) is 9.80 Å². The van der Waals surface area contributed by atoms with Gasteiger partial charge in [-0.05, 0) is 75.2 Å². The molecule has 0 radical (unpaired) electrons. The van der Waals surface area contributed by atoms with Gasteiger partial charge in [-0.25, -0.2) is 0 Å². The monoisotopic (exact) mass is 478 g/mol.